The van der Waals surface area contributed by atoms with Crippen LogP contribution in [-0.2, 0) is 7.05 Å². The Bertz CT molecular complexity index is 484. The lowest BCUT2D eigenvalue weighted by molar-refractivity contribution is 0.0995. The number of carbonyl (C=O) groups is 1. The van der Waals surface area contributed by atoms with Crippen LogP contribution in [0.25, 0.3) is 0 Å². The highest BCUT2D eigenvalue weighted by Crippen LogP contribution is 2.27. The molecular weight excluding hydrogens is 249 g/mol. The number of aryl methyl sites for hydroxylation is 1. The number of aromatic nitrogens is 2. The first-order valence-electron chi connectivity index (χ1n) is 6.32. The second-order valence-electron chi connectivity index (χ2n) is 5.46. The van der Waals surface area contributed by atoms with Gasteiger partial charge in [-0.1, -0.05) is 0 Å². The minimum Gasteiger partial charge on any atom is -0.364 e. The summed E-state index contributed by atoms with van der Waals surface area (Å²) < 4.78 is 15.9. The number of carbonyl (C=O) groups excluding carboxylic acids is 1. The number of nitrogens with two attached hydrogens (primary N) is 2. The molecule has 2 atom stereocenters. The highest BCUT2D eigenvalue weighted by Gasteiger charge is 2.33. The predicted octanol–water partition coefficient (Wildman–Crippen LogP) is 0.175. The Balaban J connectivity index is 2.27. The van der Waals surface area contributed by atoms with E-state index in [1.54, 1.807) is 24.7 Å². The number of anilines is 1. The van der Waals surface area contributed by atoms with E-state index in [-0.39, 0.29) is 18.3 Å². The first-order chi connectivity index (χ1) is 8.78. The minimum absolute atomic E-state index is 0.149. The van der Waals surface area contributed by atoms with Crippen LogP contribution in [0.5, 0.6) is 0 Å². The lowest BCUT2D eigenvalue weighted by Crippen LogP contribution is -2.37. The van der Waals surface area contributed by atoms with Gasteiger partial charge in [-0.05, 0) is 19.8 Å². The molecule has 0 bridgehead atoms. The smallest absolute Gasteiger partial charge is 0.269 e. The summed E-state index contributed by atoms with van der Waals surface area (Å²) in [5.74, 6) is 0.100. The summed E-state index contributed by atoms with van der Waals surface area (Å²) >= 11 is 0. The molecule has 1 saturated heterocycles. The highest BCUT2D eigenvalue weighted by atomic mass is 19.1. The van der Waals surface area contributed by atoms with Gasteiger partial charge in [0.25, 0.3) is 5.91 Å². The second kappa shape index (κ2) is 4.80. The number of hydrogen-bond donors (Lipinski definition) is 2. The van der Waals surface area contributed by atoms with Gasteiger partial charge in [-0.3, -0.25) is 9.48 Å². The van der Waals surface area contributed by atoms with Crippen LogP contribution in [0.4, 0.5) is 10.2 Å². The summed E-state index contributed by atoms with van der Waals surface area (Å²) in [6.45, 7) is 2.42. The van der Waals surface area contributed by atoms with Crippen molar-refractivity contribution in [1.82, 2.24) is 9.78 Å². The Labute approximate surface area is 111 Å². The summed E-state index contributed by atoms with van der Waals surface area (Å²) in [5.41, 5.74) is 9.92. The lowest BCUT2D eigenvalue weighted by atomic mass is 9.99. The van der Waals surface area contributed by atoms with E-state index in [0.717, 1.165) is 0 Å². The standard InChI is InChI=1S/C12H20FN5O/c1-12(13)6-8(14)3-4-18(7-12)10-5-9(11(15)19)16-17(10)2/h5,8H,3-4,6-7,14H2,1-2H3,(H2,15,19). The molecule has 0 saturated carbocycles. The zero-order valence-electron chi connectivity index (χ0n) is 11.3. The Morgan fingerprint density at radius 2 is 2.32 bits per heavy atom. The molecule has 0 aliphatic carbocycles. The molecule has 0 radical (unpaired) electrons. The molecule has 2 rings (SSSR count). The van der Waals surface area contributed by atoms with Crippen molar-refractivity contribution in [2.45, 2.75) is 31.5 Å². The van der Waals surface area contributed by atoms with Crippen molar-refractivity contribution >= 4 is 11.7 Å². The molecule has 6 nitrogen and oxygen atoms in total. The van der Waals surface area contributed by atoms with Crippen LogP contribution in [0, 0.1) is 0 Å². The molecule has 0 aromatic carbocycles. The van der Waals surface area contributed by atoms with Gasteiger partial charge in [0.05, 0.1) is 6.54 Å². The summed E-state index contributed by atoms with van der Waals surface area (Å²) in [4.78, 5) is 13.0. The van der Waals surface area contributed by atoms with Gasteiger partial charge in [-0.15, -0.1) is 0 Å². The average molecular weight is 269 g/mol. The highest BCUT2D eigenvalue weighted by molar-refractivity contribution is 5.91. The van der Waals surface area contributed by atoms with Crippen molar-refractivity contribution in [3.05, 3.63) is 11.8 Å². The predicted molar refractivity (Wildman–Crippen MR) is 70.7 cm³/mol. The van der Waals surface area contributed by atoms with E-state index < -0.39 is 11.6 Å². The van der Waals surface area contributed by atoms with Gasteiger partial charge < -0.3 is 16.4 Å². The van der Waals surface area contributed by atoms with Crippen LogP contribution in [0.15, 0.2) is 6.07 Å². The molecule has 19 heavy (non-hydrogen) atoms. The van der Waals surface area contributed by atoms with Crippen LogP contribution < -0.4 is 16.4 Å². The van der Waals surface area contributed by atoms with Crippen LogP contribution in [0.3, 0.4) is 0 Å². The van der Waals surface area contributed by atoms with Gasteiger partial charge in [0, 0.05) is 25.7 Å². The van der Waals surface area contributed by atoms with Gasteiger partial charge in [-0.25, -0.2) is 4.39 Å². The molecule has 7 heteroatoms. The molecule has 106 valence electrons. The minimum atomic E-state index is -1.35. The molecule has 2 heterocycles. The number of hydrogen-bond acceptors (Lipinski definition) is 4. The van der Waals surface area contributed by atoms with Crippen molar-refractivity contribution in [3.8, 4) is 0 Å². The molecule has 1 aliphatic heterocycles. The largest absolute Gasteiger partial charge is 0.364 e. The summed E-state index contributed by atoms with van der Waals surface area (Å²) in [6.07, 6.45) is 1.04. The molecule has 1 fully saturated rings. The van der Waals surface area contributed by atoms with E-state index in [2.05, 4.69) is 5.10 Å². The summed E-state index contributed by atoms with van der Waals surface area (Å²) in [5, 5.41) is 4.03. The topological polar surface area (TPSA) is 90.2 Å². The van der Waals surface area contributed by atoms with E-state index >= 15 is 0 Å². The zero-order valence-corrected chi connectivity index (χ0v) is 11.3. The maximum absolute atomic E-state index is 14.4. The van der Waals surface area contributed by atoms with E-state index in [0.29, 0.717) is 25.2 Å². The van der Waals surface area contributed by atoms with E-state index in [1.807, 2.05) is 4.90 Å². The molecular formula is C12H20FN5O. The van der Waals surface area contributed by atoms with Crippen LogP contribution in [-0.4, -0.2) is 40.5 Å². The van der Waals surface area contributed by atoms with Gasteiger partial charge in [0.2, 0.25) is 0 Å². The number of rotatable bonds is 2. The molecule has 4 N–H and O–H groups in total. The molecule has 1 aromatic rings. The Hall–Kier alpha value is -1.63. The van der Waals surface area contributed by atoms with E-state index in [9.17, 15) is 9.18 Å². The first-order valence-corrected chi connectivity index (χ1v) is 6.32. The Morgan fingerprint density at radius 1 is 1.63 bits per heavy atom. The van der Waals surface area contributed by atoms with E-state index in [4.69, 9.17) is 11.5 Å². The fourth-order valence-corrected chi connectivity index (χ4v) is 2.58. The quantitative estimate of drug-likeness (QED) is 0.801. The average Bonchev–Trinajstić information content (AvgIpc) is 2.59. The summed E-state index contributed by atoms with van der Waals surface area (Å²) in [6, 6.07) is 1.44. The van der Waals surface area contributed by atoms with Crippen molar-refractivity contribution < 1.29 is 9.18 Å². The number of primary amides is 1. The molecule has 0 spiro atoms. The molecule has 1 aliphatic rings. The van der Waals surface area contributed by atoms with Crippen LogP contribution in [0.1, 0.15) is 30.3 Å². The third-order valence-electron chi connectivity index (χ3n) is 3.41. The van der Waals surface area contributed by atoms with Crippen molar-refractivity contribution in [1.29, 1.82) is 0 Å². The van der Waals surface area contributed by atoms with Gasteiger partial charge in [-0.2, -0.15) is 5.10 Å². The van der Waals surface area contributed by atoms with Gasteiger partial charge >= 0.3 is 0 Å². The van der Waals surface area contributed by atoms with E-state index in [1.165, 1.54) is 0 Å². The van der Waals surface area contributed by atoms with Crippen molar-refractivity contribution in [2.24, 2.45) is 18.5 Å². The number of amides is 1. The van der Waals surface area contributed by atoms with Crippen molar-refractivity contribution in [2.75, 3.05) is 18.0 Å². The lowest BCUT2D eigenvalue weighted by Gasteiger charge is -2.27. The monoisotopic (exact) mass is 269 g/mol. The Morgan fingerprint density at radius 3 is 2.89 bits per heavy atom. The second-order valence-corrected chi connectivity index (χ2v) is 5.46. The maximum Gasteiger partial charge on any atom is 0.269 e. The molecule has 1 aromatic heterocycles. The maximum atomic E-state index is 14.4. The molecule has 1 amide bonds. The SMILES string of the molecule is Cn1nc(C(N)=O)cc1N1CCC(N)CC(C)(F)C1. The third kappa shape index (κ3) is 3.04. The van der Waals surface area contributed by atoms with Gasteiger partial charge in [0.15, 0.2) is 5.69 Å². The summed E-state index contributed by atoms with van der Waals surface area (Å²) in [7, 11) is 1.71. The normalized spacial score (nSPS) is 28.2. The fourth-order valence-electron chi connectivity index (χ4n) is 2.58. The third-order valence-corrected chi connectivity index (χ3v) is 3.41. The number of alkyl halides is 1. The number of nitrogens with zero attached hydrogens (tertiary/aromatic N) is 3. The number of halogens is 1. The first kappa shape index (κ1) is 13.8. The zero-order chi connectivity index (χ0) is 14.2. The Kier molecular flexibility index (Phi) is 3.49. The fraction of sp³-hybridized carbons (Fsp3) is 0.667. The molecule has 2 unspecified atom stereocenters. The van der Waals surface area contributed by atoms with Crippen LogP contribution >= 0.6 is 0 Å². The van der Waals surface area contributed by atoms with Crippen LogP contribution in [0.2, 0.25) is 0 Å². The van der Waals surface area contributed by atoms with Crippen molar-refractivity contribution in [3.63, 3.8) is 0 Å². The van der Waals surface area contributed by atoms with Gasteiger partial charge in [0.1, 0.15) is 11.5 Å².